The molecule has 1 amide bonds. The number of alkyl halides is 4. The normalized spacial score (nSPS) is 26.4. The highest BCUT2D eigenvalue weighted by Gasteiger charge is 2.55. The van der Waals surface area contributed by atoms with E-state index < -0.39 is 29.5 Å². The number of ether oxygens (including phenoxy) is 1. The highest BCUT2D eigenvalue weighted by molar-refractivity contribution is 6.20. The first-order valence-electron chi connectivity index (χ1n) is 9.70. The fourth-order valence-electron chi connectivity index (χ4n) is 4.87. The quantitative estimate of drug-likeness (QED) is 0.413. The fourth-order valence-corrected chi connectivity index (χ4v) is 5.15. The number of hydrogen-bond donors (Lipinski definition) is 1. The number of rotatable bonds is 6. The van der Waals surface area contributed by atoms with Gasteiger partial charge < -0.3 is 15.0 Å². The van der Waals surface area contributed by atoms with Gasteiger partial charge in [0.1, 0.15) is 6.04 Å². The highest BCUT2D eigenvalue weighted by Crippen LogP contribution is 2.55. The molecule has 4 atom stereocenters. The number of para-hydroxylation sites is 1. The Morgan fingerprint density at radius 2 is 2.13 bits per heavy atom. The van der Waals surface area contributed by atoms with Crippen molar-refractivity contribution in [3.05, 3.63) is 42.5 Å². The Morgan fingerprint density at radius 1 is 1.43 bits per heavy atom. The maximum absolute atomic E-state index is 12.9. The zero-order chi connectivity index (χ0) is 22.1. The van der Waals surface area contributed by atoms with Crippen LogP contribution in [-0.4, -0.2) is 49.2 Å². The maximum Gasteiger partial charge on any atom is 0.471 e. The summed E-state index contributed by atoms with van der Waals surface area (Å²) in [5.41, 5.74) is 1.23. The van der Waals surface area contributed by atoms with Crippen LogP contribution in [0.1, 0.15) is 31.2 Å². The summed E-state index contributed by atoms with van der Waals surface area (Å²) < 4.78 is 43.3. The molecule has 0 radical (unpaired) electrons. The van der Waals surface area contributed by atoms with Crippen molar-refractivity contribution in [1.29, 1.82) is 0 Å². The number of halogens is 4. The van der Waals surface area contributed by atoms with Crippen LogP contribution in [0.15, 0.2) is 36.9 Å². The molecule has 1 heterocycles. The highest BCUT2D eigenvalue weighted by atomic mass is 35.5. The van der Waals surface area contributed by atoms with Crippen LogP contribution in [-0.2, 0) is 19.7 Å². The van der Waals surface area contributed by atoms with Gasteiger partial charge in [0.15, 0.2) is 0 Å². The second kappa shape index (κ2) is 8.49. The van der Waals surface area contributed by atoms with Gasteiger partial charge in [-0.15, -0.1) is 18.2 Å². The van der Waals surface area contributed by atoms with Crippen molar-refractivity contribution in [3.8, 4) is 0 Å². The van der Waals surface area contributed by atoms with Crippen LogP contribution >= 0.6 is 11.6 Å². The zero-order valence-corrected chi connectivity index (χ0v) is 17.3. The van der Waals surface area contributed by atoms with Gasteiger partial charge in [0.25, 0.3) is 0 Å². The first-order valence-corrected chi connectivity index (χ1v) is 10.1. The van der Waals surface area contributed by atoms with E-state index in [9.17, 15) is 22.8 Å². The third kappa shape index (κ3) is 4.02. The molecule has 164 valence electrons. The average Bonchev–Trinajstić information content (AvgIpc) is 2.96. The Bertz CT molecular complexity index is 832. The number of amides is 1. The fraction of sp³-hybridized carbons (Fsp3) is 0.524. The lowest BCUT2D eigenvalue weighted by Crippen LogP contribution is -2.55. The van der Waals surface area contributed by atoms with Crippen LogP contribution in [0.4, 0.5) is 18.9 Å². The SMILES string of the molecule is C=CCN1c2ccccc2[C@@]2(CC(NC(=O)C(F)(F)F)C(=O)OC)CC[C@H](Cl)C[C@@H]12. The molecule has 1 fully saturated rings. The number of nitrogens with zero attached hydrogens (tertiary/aromatic N) is 1. The summed E-state index contributed by atoms with van der Waals surface area (Å²) in [5.74, 6) is -3.07. The Kier molecular flexibility index (Phi) is 6.36. The number of benzene rings is 1. The second-order valence-corrected chi connectivity index (χ2v) is 8.37. The molecule has 1 unspecified atom stereocenters. The van der Waals surface area contributed by atoms with Gasteiger partial charge in [-0.2, -0.15) is 13.2 Å². The predicted octanol–water partition coefficient (Wildman–Crippen LogP) is 3.70. The van der Waals surface area contributed by atoms with E-state index in [1.165, 1.54) is 0 Å². The lowest BCUT2D eigenvalue weighted by molar-refractivity contribution is -0.176. The Labute approximate surface area is 178 Å². The number of carbonyl (C=O) groups is 2. The van der Waals surface area contributed by atoms with Gasteiger partial charge in [0, 0.05) is 29.1 Å². The molecule has 0 bridgehead atoms. The number of esters is 1. The van der Waals surface area contributed by atoms with Crippen molar-refractivity contribution in [2.75, 3.05) is 18.6 Å². The van der Waals surface area contributed by atoms with Crippen LogP contribution in [0.2, 0.25) is 0 Å². The zero-order valence-electron chi connectivity index (χ0n) is 16.5. The molecule has 5 nitrogen and oxygen atoms in total. The topological polar surface area (TPSA) is 58.6 Å². The first kappa shape index (κ1) is 22.5. The van der Waals surface area contributed by atoms with Crippen LogP contribution in [0, 0.1) is 0 Å². The van der Waals surface area contributed by atoms with Crippen molar-refractivity contribution in [1.82, 2.24) is 5.32 Å². The molecule has 0 spiro atoms. The molecule has 3 rings (SSSR count). The second-order valence-electron chi connectivity index (χ2n) is 7.75. The van der Waals surface area contributed by atoms with Crippen molar-refractivity contribution in [2.45, 2.75) is 54.7 Å². The molecular formula is C21H24ClF3N2O3. The van der Waals surface area contributed by atoms with Crippen LogP contribution in [0.5, 0.6) is 0 Å². The molecular weight excluding hydrogens is 421 g/mol. The third-order valence-electron chi connectivity index (χ3n) is 6.09. The number of fused-ring (bicyclic) bond motifs is 3. The van der Waals surface area contributed by atoms with Crippen molar-refractivity contribution in [2.24, 2.45) is 0 Å². The van der Waals surface area contributed by atoms with E-state index in [1.54, 1.807) is 6.08 Å². The average molecular weight is 445 g/mol. The van der Waals surface area contributed by atoms with Gasteiger partial charge in [-0.05, 0) is 37.3 Å². The number of anilines is 1. The Balaban J connectivity index is 2.03. The largest absolute Gasteiger partial charge is 0.471 e. The van der Waals surface area contributed by atoms with Crippen LogP contribution < -0.4 is 10.2 Å². The molecule has 9 heteroatoms. The predicted molar refractivity (Wildman–Crippen MR) is 108 cm³/mol. The summed E-state index contributed by atoms with van der Waals surface area (Å²) in [5, 5.41) is 1.75. The van der Waals surface area contributed by atoms with E-state index in [0.29, 0.717) is 25.8 Å². The molecule has 30 heavy (non-hydrogen) atoms. The molecule has 0 aromatic heterocycles. The number of nitrogens with one attached hydrogen (secondary N) is 1. The van der Waals surface area contributed by atoms with Crippen molar-refractivity contribution < 1.29 is 27.5 Å². The molecule has 1 N–H and O–H groups in total. The Morgan fingerprint density at radius 3 is 2.77 bits per heavy atom. The smallest absolute Gasteiger partial charge is 0.467 e. The third-order valence-corrected chi connectivity index (χ3v) is 6.49. The van der Waals surface area contributed by atoms with Crippen LogP contribution in [0.3, 0.4) is 0 Å². The molecule has 1 aliphatic heterocycles. The van der Waals surface area contributed by atoms with E-state index in [-0.39, 0.29) is 17.8 Å². The van der Waals surface area contributed by atoms with Gasteiger partial charge in [-0.25, -0.2) is 4.79 Å². The molecule has 1 saturated carbocycles. The van der Waals surface area contributed by atoms with Crippen molar-refractivity contribution >= 4 is 29.2 Å². The van der Waals surface area contributed by atoms with Gasteiger partial charge in [0.2, 0.25) is 0 Å². The Hall–Kier alpha value is -2.22. The van der Waals surface area contributed by atoms with E-state index in [1.807, 2.05) is 29.6 Å². The minimum absolute atomic E-state index is 0.0135. The minimum atomic E-state index is -5.10. The molecule has 1 aromatic carbocycles. The molecule has 2 aliphatic rings. The summed E-state index contributed by atoms with van der Waals surface area (Å²) >= 11 is 6.46. The van der Waals surface area contributed by atoms with E-state index in [0.717, 1.165) is 18.4 Å². The standard InChI is InChI=1S/C21H24ClF3N2O3/c1-3-10-27-16-7-5-4-6-14(16)20(9-8-13(22)11-17(20)27)12-15(18(28)30-2)26-19(29)21(23,24)25/h3-7,13,15,17H,1,8-12H2,2H3,(H,26,29)/t13-,15?,17+,20-/m0/s1. The summed E-state index contributed by atoms with van der Waals surface area (Å²) in [7, 11) is 1.09. The number of carbonyl (C=O) groups excluding carboxylic acids is 2. The van der Waals surface area contributed by atoms with Gasteiger partial charge in [-0.1, -0.05) is 24.3 Å². The summed E-state index contributed by atoms with van der Waals surface area (Å²) in [6.45, 7) is 4.35. The van der Waals surface area contributed by atoms with Crippen LogP contribution in [0.25, 0.3) is 0 Å². The molecule has 1 aromatic rings. The maximum atomic E-state index is 12.9. The first-order chi connectivity index (χ1) is 14.1. The summed E-state index contributed by atoms with van der Waals surface area (Å²) in [6, 6.07) is 6.06. The van der Waals surface area contributed by atoms with Gasteiger partial charge in [-0.3, -0.25) is 4.79 Å². The van der Waals surface area contributed by atoms with E-state index in [2.05, 4.69) is 11.5 Å². The molecule has 0 saturated heterocycles. The summed E-state index contributed by atoms with van der Waals surface area (Å²) in [6.07, 6.45) is -1.53. The minimum Gasteiger partial charge on any atom is -0.467 e. The molecule has 1 aliphatic carbocycles. The lowest BCUT2D eigenvalue weighted by atomic mass is 9.64. The summed E-state index contributed by atoms with van der Waals surface area (Å²) in [4.78, 5) is 26.1. The monoisotopic (exact) mass is 444 g/mol. The lowest BCUT2D eigenvalue weighted by Gasteiger charge is -2.45. The van der Waals surface area contributed by atoms with Gasteiger partial charge >= 0.3 is 18.1 Å². The van der Waals surface area contributed by atoms with E-state index >= 15 is 0 Å². The van der Waals surface area contributed by atoms with Gasteiger partial charge in [0.05, 0.1) is 7.11 Å². The van der Waals surface area contributed by atoms with Crippen molar-refractivity contribution in [3.63, 3.8) is 0 Å². The van der Waals surface area contributed by atoms with E-state index in [4.69, 9.17) is 16.3 Å². The number of hydrogen-bond acceptors (Lipinski definition) is 4. The number of methoxy groups -OCH3 is 1.